The van der Waals surface area contributed by atoms with Crippen LogP contribution in [0.4, 0.5) is 24.9 Å². The fourth-order valence-corrected chi connectivity index (χ4v) is 4.51. The number of pyridine rings is 1. The number of nitrogens with one attached hydrogen (secondary N) is 1. The molecular formula is C18H15BrCl2F3N5. The zero-order chi connectivity index (χ0) is 20.9. The van der Waals surface area contributed by atoms with Gasteiger partial charge in [-0.25, -0.2) is 9.97 Å². The van der Waals surface area contributed by atoms with Crippen LogP contribution in [0.2, 0.25) is 10.0 Å². The number of alkyl halides is 3. The highest BCUT2D eigenvalue weighted by atomic mass is 79.9. The minimum absolute atomic E-state index is 0.0266. The molecule has 3 heterocycles. The summed E-state index contributed by atoms with van der Waals surface area (Å²) in [5.41, 5.74) is 0.0556. The van der Waals surface area contributed by atoms with Crippen LogP contribution >= 0.6 is 39.1 Å². The largest absolute Gasteiger partial charge is 0.416 e. The molecule has 1 fully saturated rings. The van der Waals surface area contributed by atoms with Crippen LogP contribution in [0.15, 0.2) is 28.9 Å². The smallest absolute Gasteiger partial charge is 0.352 e. The van der Waals surface area contributed by atoms with Crippen molar-refractivity contribution in [1.29, 1.82) is 0 Å². The molecule has 11 heteroatoms. The Kier molecular flexibility index (Phi) is 5.33. The summed E-state index contributed by atoms with van der Waals surface area (Å²) in [6, 6.07) is 3.79. The molecule has 1 saturated heterocycles. The standard InChI is InChI=1S/C18H15BrCl2F3N5/c1-9-8-28(16-13(21)6-11(20)7-25-16)2-3-29(9)17-26-14-5-10(18(22,23)24)4-12(19)15(14)27-17/h4-7,9H,2-3,8H2,1H3,(H,26,27)/t9-/m1/s1. The van der Waals surface area contributed by atoms with Crippen LogP contribution in [0.3, 0.4) is 0 Å². The molecular weight excluding hydrogens is 494 g/mol. The predicted octanol–water partition coefficient (Wildman–Crippen LogP) is 5.76. The summed E-state index contributed by atoms with van der Waals surface area (Å²) in [6.07, 6.45) is -2.88. The van der Waals surface area contributed by atoms with Crippen molar-refractivity contribution in [2.75, 3.05) is 29.4 Å². The topological polar surface area (TPSA) is 48.1 Å². The third-order valence-electron chi connectivity index (χ3n) is 4.85. The van der Waals surface area contributed by atoms with Crippen molar-refractivity contribution < 1.29 is 13.2 Å². The van der Waals surface area contributed by atoms with Gasteiger partial charge in [0.15, 0.2) is 0 Å². The summed E-state index contributed by atoms with van der Waals surface area (Å²) in [6.45, 7) is 3.87. The highest BCUT2D eigenvalue weighted by Crippen LogP contribution is 2.36. The van der Waals surface area contributed by atoms with Gasteiger partial charge in [0.2, 0.25) is 5.95 Å². The van der Waals surface area contributed by atoms with E-state index in [9.17, 15) is 13.2 Å². The van der Waals surface area contributed by atoms with Gasteiger partial charge in [0.05, 0.1) is 26.6 Å². The number of nitrogens with zero attached hydrogens (tertiary/aromatic N) is 4. The summed E-state index contributed by atoms with van der Waals surface area (Å²) in [5.74, 6) is 1.19. The molecule has 3 aromatic rings. The molecule has 0 spiro atoms. The zero-order valence-corrected chi connectivity index (χ0v) is 18.2. The van der Waals surface area contributed by atoms with E-state index < -0.39 is 11.7 Å². The Morgan fingerprint density at radius 3 is 2.62 bits per heavy atom. The van der Waals surface area contributed by atoms with E-state index >= 15 is 0 Å². The molecule has 0 saturated carbocycles. The lowest BCUT2D eigenvalue weighted by atomic mass is 10.2. The molecule has 1 N–H and O–H groups in total. The first-order valence-electron chi connectivity index (χ1n) is 8.72. The van der Waals surface area contributed by atoms with Gasteiger partial charge in [-0.3, -0.25) is 0 Å². The van der Waals surface area contributed by atoms with Crippen LogP contribution in [-0.4, -0.2) is 40.6 Å². The Morgan fingerprint density at radius 1 is 1.21 bits per heavy atom. The number of fused-ring (bicyclic) bond motifs is 1. The maximum Gasteiger partial charge on any atom is 0.416 e. The predicted molar refractivity (Wildman–Crippen MR) is 112 cm³/mol. The first kappa shape index (κ1) is 20.6. The van der Waals surface area contributed by atoms with E-state index in [1.165, 1.54) is 0 Å². The number of hydrogen-bond acceptors (Lipinski definition) is 4. The van der Waals surface area contributed by atoms with Crippen molar-refractivity contribution in [2.45, 2.75) is 19.1 Å². The Balaban J connectivity index is 1.60. The Bertz CT molecular complexity index is 1070. The van der Waals surface area contributed by atoms with Gasteiger partial charge >= 0.3 is 6.18 Å². The second-order valence-corrected chi connectivity index (χ2v) is 8.56. The molecule has 4 rings (SSSR count). The molecule has 29 heavy (non-hydrogen) atoms. The van der Waals surface area contributed by atoms with Crippen molar-refractivity contribution in [3.8, 4) is 0 Å². The first-order chi connectivity index (χ1) is 13.6. The van der Waals surface area contributed by atoms with Gasteiger partial charge in [-0.15, -0.1) is 0 Å². The fourth-order valence-electron chi connectivity index (χ4n) is 3.46. The Hall–Kier alpha value is -1.71. The second kappa shape index (κ2) is 7.52. The molecule has 0 amide bonds. The van der Waals surface area contributed by atoms with Gasteiger partial charge in [0.25, 0.3) is 0 Å². The van der Waals surface area contributed by atoms with Crippen molar-refractivity contribution in [3.63, 3.8) is 0 Å². The van der Waals surface area contributed by atoms with Crippen molar-refractivity contribution in [1.82, 2.24) is 15.0 Å². The number of aromatic amines is 1. The van der Waals surface area contributed by atoms with Crippen molar-refractivity contribution in [3.05, 3.63) is 44.5 Å². The maximum absolute atomic E-state index is 13.1. The summed E-state index contributed by atoms with van der Waals surface area (Å²) >= 11 is 15.4. The number of anilines is 2. The van der Waals surface area contributed by atoms with E-state index in [1.54, 1.807) is 12.3 Å². The van der Waals surface area contributed by atoms with Crippen LogP contribution in [-0.2, 0) is 6.18 Å². The molecule has 1 aromatic carbocycles. The molecule has 154 valence electrons. The number of hydrogen-bond donors (Lipinski definition) is 1. The summed E-state index contributed by atoms with van der Waals surface area (Å²) in [7, 11) is 0. The molecule has 5 nitrogen and oxygen atoms in total. The number of imidazole rings is 1. The fraction of sp³-hybridized carbons (Fsp3) is 0.333. The van der Waals surface area contributed by atoms with Crippen LogP contribution in [0.25, 0.3) is 11.0 Å². The number of H-pyrrole nitrogens is 1. The average Bonchev–Trinajstić information content (AvgIpc) is 3.05. The quantitative estimate of drug-likeness (QED) is 0.478. The van der Waals surface area contributed by atoms with E-state index in [2.05, 4.69) is 35.8 Å². The van der Waals surface area contributed by atoms with Gasteiger partial charge in [-0.1, -0.05) is 23.2 Å². The molecule has 2 aromatic heterocycles. The number of halogens is 6. The van der Waals surface area contributed by atoms with Gasteiger partial charge in [0.1, 0.15) is 5.82 Å². The Labute approximate surface area is 182 Å². The van der Waals surface area contributed by atoms with Gasteiger partial charge in [0, 0.05) is 36.3 Å². The first-order valence-corrected chi connectivity index (χ1v) is 10.3. The van der Waals surface area contributed by atoms with Gasteiger partial charge in [-0.2, -0.15) is 13.2 Å². The third kappa shape index (κ3) is 4.00. The SMILES string of the molecule is C[C@@H]1CN(c2ncc(Cl)cc2Cl)CCN1c1nc2cc(C(F)(F)F)cc(Br)c2[nH]1. The minimum Gasteiger partial charge on any atom is -0.352 e. The number of rotatable bonds is 2. The van der Waals surface area contributed by atoms with Gasteiger partial charge in [-0.05, 0) is 41.1 Å². The van der Waals surface area contributed by atoms with Gasteiger partial charge < -0.3 is 14.8 Å². The van der Waals surface area contributed by atoms with Crippen molar-refractivity contribution in [2.24, 2.45) is 0 Å². The van der Waals surface area contributed by atoms with Crippen LogP contribution in [0, 0.1) is 0 Å². The lowest BCUT2D eigenvalue weighted by Gasteiger charge is -2.40. The van der Waals surface area contributed by atoms with Crippen LogP contribution in [0.5, 0.6) is 0 Å². The highest BCUT2D eigenvalue weighted by Gasteiger charge is 2.32. The lowest BCUT2D eigenvalue weighted by Crippen LogP contribution is -2.52. The van der Waals surface area contributed by atoms with E-state index in [0.29, 0.717) is 51.4 Å². The molecule has 0 bridgehead atoms. The average molecular weight is 509 g/mol. The highest BCUT2D eigenvalue weighted by molar-refractivity contribution is 9.10. The summed E-state index contributed by atoms with van der Waals surface area (Å²) in [5, 5.41) is 0.946. The van der Waals surface area contributed by atoms with Crippen LogP contribution in [0.1, 0.15) is 12.5 Å². The minimum atomic E-state index is -4.43. The molecule has 1 aliphatic heterocycles. The van der Waals surface area contributed by atoms with E-state index in [4.69, 9.17) is 23.2 Å². The second-order valence-electron chi connectivity index (χ2n) is 6.86. The number of benzene rings is 1. The molecule has 1 aliphatic rings. The normalized spacial score (nSPS) is 18.0. The maximum atomic E-state index is 13.1. The molecule has 0 radical (unpaired) electrons. The monoisotopic (exact) mass is 507 g/mol. The summed E-state index contributed by atoms with van der Waals surface area (Å²) < 4.78 is 39.6. The molecule has 0 unspecified atom stereocenters. The summed E-state index contributed by atoms with van der Waals surface area (Å²) in [4.78, 5) is 16.0. The van der Waals surface area contributed by atoms with E-state index in [-0.39, 0.29) is 11.6 Å². The molecule has 0 aliphatic carbocycles. The Morgan fingerprint density at radius 2 is 1.97 bits per heavy atom. The van der Waals surface area contributed by atoms with E-state index in [1.807, 2.05) is 11.8 Å². The lowest BCUT2D eigenvalue weighted by molar-refractivity contribution is -0.137. The number of piperazine rings is 1. The number of aromatic nitrogens is 3. The zero-order valence-electron chi connectivity index (χ0n) is 15.1. The molecule has 1 atom stereocenters. The third-order valence-corrected chi connectivity index (χ3v) is 5.96. The van der Waals surface area contributed by atoms with E-state index in [0.717, 1.165) is 12.1 Å². The van der Waals surface area contributed by atoms with Crippen molar-refractivity contribution >= 4 is 61.9 Å². The van der Waals surface area contributed by atoms with Crippen LogP contribution < -0.4 is 9.80 Å².